The first kappa shape index (κ1) is 23.0. The molecule has 1 aliphatic heterocycles. The summed E-state index contributed by atoms with van der Waals surface area (Å²) in [5, 5.41) is 5.36. The van der Waals surface area contributed by atoms with Gasteiger partial charge in [-0.15, -0.1) is 0 Å². The highest BCUT2D eigenvalue weighted by molar-refractivity contribution is 6.10. The lowest BCUT2D eigenvalue weighted by atomic mass is 9.91. The van der Waals surface area contributed by atoms with Gasteiger partial charge in [0.05, 0.1) is 0 Å². The highest BCUT2D eigenvalue weighted by Crippen LogP contribution is 2.29. The van der Waals surface area contributed by atoms with E-state index >= 15 is 0 Å². The molecule has 2 aromatic carbocycles. The topological polar surface area (TPSA) is 98.8 Å². The summed E-state index contributed by atoms with van der Waals surface area (Å²) in [6.07, 6.45) is 0. The van der Waals surface area contributed by atoms with Crippen LogP contribution in [0.4, 0.5) is 10.5 Å². The lowest BCUT2D eigenvalue weighted by Crippen LogP contribution is -2.42. The molecule has 1 heterocycles. The van der Waals surface area contributed by atoms with Gasteiger partial charge in [-0.2, -0.15) is 0 Å². The number of amides is 5. The fourth-order valence-corrected chi connectivity index (χ4v) is 3.69. The molecule has 168 valence electrons. The molecule has 1 unspecified atom stereocenters. The molecule has 1 aliphatic rings. The average molecular weight is 437 g/mol. The third-order valence-electron chi connectivity index (χ3n) is 5.65. The van der Waals surface area contributed by atoms with Gasteiger partial charge in [-0.3, -0.25) is 19.3 Å². The standard InChI is InChI=1S/C24H28N4O4/c1-5-27(6-2)21(30)17-8-7-9-19(14-17)25-20(29)15-28-22(31)24(4,26-23(28)32)18-12-10-16(3)11-13-18/h7-14H,5-6,15H2,1-4H3,(H,25,29)(H,26,32). The second kappa shape index (κ2) is 9.21. The summed E-state index contributed by atoms with van der Waals surface area (Å²) in [7, 11) is 0. The summed E-state index contributed by atoms with van der Waals surface area (Å²) >= 11 is 0. The van der Waals surface area contributed by atoms with Crippen LogP contribution in [0, 0.1) is 6.92 Å². The largest absolute Gasteiger partial charge is 0.339 e. The van der Waals surface area contributed by atoms with Gasteiger partial charge in [-0.1, -0.05) is 35.9 Å². The maximum absolute atomic E-state index is 13.0. The van der Waals surface area contributed by atoms with Crippen LogP contribution >= 0.6 is 0 Å². The van der Waals surface area contributed by atoms with Crippen molar-refractivity contribution in [2.24, 2.45) is 0 Å². The number of nitrogens with zero attached hydrogens (tertiary/aromatic N) is 2. The van der Waals surface area contributed by atoms with Crippen LogP contribution in [0.3, 0.4) is 0 Å². The number of anilines is 1. The van der Waals surface area contributed by atoms with Crippen LogP contribution in [0.25, 0.3) is 0 Å². The minimum absolute atomic E-state index is 0.130. The van der Waals surface area contributed by atoms with E-state index in [2.05, 4.69) is 10.6 Å². The number of urea groups is 1. The number of aryl methyl sites for hydroxylation is 1. The number of carbonyl (C=O) groups is 4. The van der Waals surface area contributed by atoms with Crippen molar-refractivity contribution in [3.63, 3.8) is 0 Å². The smallest absolute Gasteiger partial charge is 0.325 e. The normalized spacial score (nSPS) is 17.8. The van der Waals surface area contributed by atoms with Crippen LogP contribution in [-0.4, -0.2) is 53.2 Å². The molecule has 2 aromatic rings. The van der Waals surface area contributed by atoms with Gasteiger partial charge in [0.15, 0.2) is 0 Å². The molecule has 32 heavy (non-hydrogen) atoms. The van der Waals surface area contributed by atoms with E-state index < -0.39 is 29.9 Å². The molecule has 8 nitrogen and oxygen atoms in total. The van der Waals surface area contributed by atoms with Crippen molar-refractivity contribution in [3.8, 4) is 0 Å². The molecular formula is C24H28N4O4. The molecule has 1 fully saturated rings. The van der Waals surface area contributed by atoms with Gasteiger partial charge < -0.3 is 15.5 Å². The maximum atomic E-state index is 13.0. The number of hydrogen-bond donors (Lipinski definition) is 2. The van der Waals surface area contributed by atoms with E-state index in [1.165, 1.54) is 0 Å². The summed E-state index contributed by atoms with van der Waals surface area (Å²) in [6.45, 7) is 8.08. The van der Waals surface area contributed by atoms with Gasteiger partial charge in [-0.25, -0.2) is 4.79 Å². The number of rotatable bonds is 7. The fraction of sp³-hybridized carbons (Fsp3) is 0.333. The fourth-order valence-electron chi connectivity index (χ4n) is 3.69. The van der Waals surface area contributed by atoms with Crippen molar-refractivity contribution >= 4 is 29.4 Å². The van der Waals surface area contributed by atoms with Gasteiger partial charge in [-0.05, 0) is 51.5 Å². The third-order valence-corrected chi connectivity index (χ3v) is 5.65. The molecule has 0 spiro atoms. The van der Waals surface area contributed by atoms with Crippen LogP contribution in [0.1, 0.15) is 42.3 Å². The van der Waals surface area contributed by atoms with Crippen LogP contribution in [-0.2, 0) is 15.1 Å². The monoisotopic (exact) mass is 436 g/mol. The zero-order chi connectivity index (χ0) is 23.5. The molecule has 1 saturated heterocycles. The van der Waals surface area contributed by atoms with Crippen molar-refractivity contribution in [1.82, 2.24) is 15.1 Å². The molecule has 1 atom stereocenters. The Labute approximate surface area is 187 Å². The average Bonchev–Trinajstić information content (AvgIpc) is 2.99. The SMILES string of the molecule is CCN(CC)C(=O)c1cccc(NC(=O)CN2C(=O)NC(C)(c3ccc(C)cc3)C2=O)c1. The van der Waals surface area contributed by atoms with E-state index in [4.69, 9.17) is 0 Å². The second-order valence-corrected chi connectivity index (χ2v) is 7.92. The number of nitrogens with one attached hydrogen (secondary N) is 2. The zero-order valence-electron chi connectivity index (χ0n) is 18.8. The Morgan fingerprint density at radius 2 is 1.72 bits per heavy atom. The number of imide groups is 1. The Bertz CT molecular complexity index is 1050. The summed E-state index contributed by atoms with van der Waals surface area (Å²) in [6, 6.07) is 13.3. The predicted octanol–water partition coefficient (Wildman–Crippen LogP) is 2.88. The number of carbonyl (C=O) groups excluding carboxylic acids is 4. The van der Waals surface area contributed by atoms with Crippen molar-refractivity contribution in [3.05, 3.63) is 65.2 Å². The molecular weight excluding hydrogens is 408 g/mol. The van der Waals surface area contributed by atoms with Crippen LogP contribution < -0.4 is 10.6 Å². The Morgan fingerprint density at radius 1 is 1.06 bits per heavy atom. The van der Waals surface area contributed by atoms with Gasteiger partial charge in [0.1, 0.15) is 12.1 Å². The zero-order valence-corrected chi connectivity index (χ0v) is 18.8. The van der Waals surface area contributed by atoms with E-state index in [0.29, 0.717) is 29.9 Å². The van der Waals surface area contributed by atoms with Crippen molar-refractivity contribution < 1.29 is 19.2 Å². The summed E-state index contributed by atoms with van der Waals surface area (Å²) in [5.74, 6) is -1.16. The Balaban J connectivity index is 1.71. The van der Waals surface area contributed by atoms with Crippen LogP contribution in [0.15, 0.2) is 48.5 Å². The molecule has 8 heteroatoms. The van der Waals surface area contributed by atoms with E-state index in [1.807, 2.05) is 32.9 Å². The molecule has 0 aromatic heterocycles. The van der Waals surface area contributed by atoms with Gasteiger partial charge in [0, 0.05) is 24.3 Å². The minimum Gasteiger partial charge on any atom is -0.339 e. The molecule has 0 saturated carbocycles. The molecule has 5 amide bonds. The highest BCUT2D eigenvalue weighted by Gasteiger charge is 2.49. The lowest BCUT2D eigenvalue weighted by molar-refractivity contribution is -0.133. The third kappa shape index (κ3) is 4.49. The molecule has 0 aliphatic carbocycles. The predicted molar refractivity (Wildman–Crippen MR) is 121 cm³/mol. The minimum atomic E-state index is -1.23. The maximum Gasteiger partial charge on any atom is 0.325 e. The van der Waals surface area contributed by atoms with E-state index in [0.717, 1.165) is 10.5 Å². The quantitative estimate of drug-likeness (QED) is 0.652. The van der Waals surface area contributed by atoms with E-state index in [9.17, 15) is 19.2 Å². The number of hydrogen-bond acceptors (Lipinski definition) is 4. The van der Waals surface area contributed by atoms with E-state index in [1.54, 1.807) is 48.2 Å². The summed E-state index contributed by atoms with van der Waals surface area (Å²) in [4.78, 5) is 53.2. The lowest BCUT2D eigenvalue weighted by Gasteiger charge is -2.22. The number of benzene rings is 2. The van der Waals surface area contributed by atoms with Crippen molar-refractivity contribution in [2.45, 2.75) is 33.2 Å². The highest BCUT2D eigenvalue weighted by atomic mass is 16.2. The van der Waals surface area contributed by atoms with Crippen molar-refractivity contribution in [2.75, 3.05) is 25.0 Å². The molecule has 2 N–H and O–H groups in total. The van der Waals surface area contributed by atoms with Crippen molar-refractivity contribution in [1.29, 1.82) is 0 Å². The molecule has 3 rings (SSSR count). The summed E-state index contributed by atoms with van der Waals surface area (Å²) < 4.78 is 0. The first-order chi connectivity index (χ1) is 15.2. The van der Waals surface area contributed by atoms with Crippen LogP contribution in [0.2, 0.25) is 0 Å². The molecule has 0 bridgehead atoms. The second-order valence-electron chi connectivity index (χ2n) is 7.92. The van der Waals surface area contributed by atoms with Gasteiger partial charge in [0.2, 0.25) is 5.91 Å². The van der Waals surface area contributed by atoms with Crippen LogP contribution in [0.5, 0.6) is 0 Å². The Morgan fingerprint density at radius 3 is 2.34 bits per heavy atom. The van der Waals surface area contributed by atoms with Gasteiger partial charge >= 0.3 is 6.03 Å². The summed E-state index contributed by atoms with van der Waals surface area (Å²) in [5.41, 5.74) is 1.31. The van der Waals surface area contributed by atoms with Gasteiger partial charge in [0.25, 0.3) is 11.8 Å². The first-order valence-corrected chi connectivity index (χ1v) is 10.6. The Hall–Kier alpha value is -3.68. The van der Waals surface area contributed by atoms with E-state index in [-0.39, 0.29) is 5.91 Å². The Kier molecular flexibility index (Phi) is 6.62. The molecule has 0 radical (unpaired) electrons. The first-order valence-electron chi connectivity index (χ1n) is 10.6.